The van der Waals surface area contributed by atoms with Crippen molar-refractivity contribution in [2.45, 2.75) is 57.4 Å². The Morgan fingerprint density at radius 2 is 1.96 bits per heavy atom. The van der Waals surface area contributed by atoms with Crippen LogP contribution in [0.3, 0.4) is 0 Å². The van der Waals surface area contributed by atoms with Gasteiger partial charge in [-0.2, -0.15) is 0 Å². The number of amides is 1. The number of para-hydroxylation sites is 1. The second-order valence-electron chi connectivity index (χ2n) is 7.58. The van der Waals surface area contributed by atoms with Crippen LogP contribution in [0, 0.1) is 5.92 Å². The van der Waals surface area contributed by atoms with Gasteiger partial charge in [-0.3, -0.25) is 9.59 Å². The van der Waals surface area contributed by atoms with Gasteiger partial charge in [0.1, 0.15) is 0 Å². The third-order valence-electron chi connectivity index (χ3n) is 5.80. The Bertz CT molecular complexity index is 784. The van der Waals surface area contributed by atoms with Gasteiger partial charge in [-0.05, 0) is 43.7 Å². The molecular weight excluding hydrogens is 360 g/mol. The molecule has 0 radical (unpaired) electrons. The lowest BCUT2D eigenvalue weighted by molar-refractivity contribution is -0.154. The fourth-order valence-electron chi connectivity index (χ4n) is 4.47. The van der Waals surface area contributed by atoms with Gasteiger partial charge in [-0.25, -0.2) is 4.98 Å². The SMILES string of the molecule is O=C(CCc1nc2ccccc2s1)OCC(=O)N1CCC[C@H]2CCCC[C@H]21. The number of aryl methyl sites for hydroxylation is 1. The van der Waals surface area contributed by atoms with E-state index < -0.39 is 0 Å². The van der Waals surface area contributed by atoms with Crippen molar-refractivity contribution in [3.8, 4) is 0 Å². The van der Waals surface area contributed by atoms with Crippen molar-refractivity contribution >= 4 is 33.4 Å². The Labute approximate surface area is 163 Å². The highest BCUT2D eigenvalue weighted by Crippen LogP contribution is 2.35. The molecule has 144 valence electrons. The number of carbonyl (C=O) groups is 2. The normalized spacial score (nSPS) is 22.4. The van der Waals surface area contributed by atoms with E-state index in [0.29, 0.717) is 18.4 Å². The predicted molar refractivity (Wildman–Crippen MR) is 106 cm³/mol. The van der Waals surface area contributed by atoms with E-state index in [4.69, 9.17) is 4.74 Å². The number of likely N-dealkylation sites (tertiary alicyclic amines) is 1. The minimum atomic E-state index is -0.320. The third-order valence-corrected chi connectivity index (χ3v) is 6.90. The zero-order valence-electron chi connectivity index (χ0n) is 15.6. The summed E-state index contributed by atoms with van der Waals surface area (Å²) in [6.45, 7) is 0.686. The second-order valence-corrected chi connectivity index (χ2v) is 8.69. The van der Waals surface area contributed by atoms with Crippen molar-refractivity contribution in [1.29, 1.82) is 0 Å². The molecule has 6 heteroatoms. The molecule has 1 saturated heterocycles. The van der Waals surface area contributed by atoms with Gasteiger partial charge in [-0.1, -0.05) is 25.0 Å². The number of ether oxygens (including phenoxy) is 1. The highest BCUT2D eigenvalue weighted by Gasteiger charge is 2.35. The predicted octanol–water partition coefficient (Wildman–Crippen LogP) is 3.95. The molecule has 2 heterocycles. The van der Waals surface area contributed by atoms with Crippen LogP contribution < -0.4 is 0 Å². The molecule has 0 spiro atoms. The van der Waals surface area contributed by atoms with Crippen LogP contribution >= 0.6 is 11.3 Å². The molecule has 2 aromatic rings. The minimum absolute atomic E-state index is 0.0278. The fraction of sp³-hybridized carbons (Fsp3) is 0.571. The maximum Gasteiger partial charge on any atom is 0.306 e. The van der Waals surface area contributed by atoms with Gasteiger partial charge in [0, 0.05) is 19.0 Å². The first-order valence-electron chi connectivity index (χ1n) is 10.0. The summed E-state index contributed by atoms with van der Waals surface area (Å²) in [6.07, 6.45) is 7.93. The molecule has 1 saturated carbocycles. The summed E-state index contributed by atoms with van der Waals surface area (Å²) in [6, 6.07) is 8.32. The molecule has 1 aliphatic heterocycles. The lowest BCUT2D eigenvalue weighted by Gasteiger charge is -2.44. The van der Waals surface area contributed by atoms with E-state index in [1.165, 1.54) is 25.7 Å². The van der Waals surface area contributed by atoms with Crippen molar-refractivity contribution < 1.29 is 14.3 Å². The van der Waals surface area contributed by atoms with E-state index in [-0.39, 0.29) is 24.9 Å². The number of hydrogen-bond acceptors (Lipinski definition) is 5. The first-order valence-corrected chi connectivity index (χ1v) is 10.8. The maximum atomic E-state index is 12.6. The quantitative estimate of drug-likeness (QED) is 0.730. The third kappa shape index (κ3) is 4.32. The number of aromatic nitrogens is 1. The summed E-state index contributed by atoms with van der Waals surface area (Å²) in [5.41, 5.74) is 0.966. The molecule has 0 bridgehead atoms. The van der Waals surface area contributed by atoms with Crippen molar-refractivity contribution in [3.05, 3.63) is 29.3 Å². The first kappa shape index (κ1) is 18.4. The maximum absolute atomic E-state index is 12.6. The zero-order chi connectivity index (χ0) is 18.6. The summed E-state index contributed by atoms with van der Waals surface area (Å²) >= 11 is 1.60. The number of nitrogens with zero attached hydrogens (tertiary/aromatic N) is 2. The molecule has 27 heavy (non-hydrogen) atoms. The van der Waals surface area contributed by atoms with Gasteiger partial charge in [0.2, 0.25) is 0 Å². The molecular formula is C21H26N2O3S. The van der Waals surface area contributed by atoms with Gasteiger partial charge in [0.05, 0.1) is 21.6 Å². The highest BCUT2D eigenvalue weighted by molar-refractivity contribution is 7.18. The topological polar surface area (TPSA) is 59.5 Å². The van der Waals surface area contributed by atoms with Gasteiger partial charge >= 0.3 is 5.97 Å². The Balaban J connectivity index is 1.25. The average molecular weight is 387 g/mol. The minimum Gasteiger partial charge on any atom is -0.456 e. The van der Waals surface area contributed by atoms with Crippen molar-refractivity contribution in [2.24, 2.45) is 5.92 Å². The Morgan fingerprint density at radius 3 is 2.85 bits per heavy atom. The number of hydrogen-bond donors (Lipinski definition) is 0. The first-order chi connectivity index (χ1) is 13.2. The highest BCUT2D eigenvalue weighted by atomic mass is 32.1. The van der Waals surface area contributed by atoms with E-state index in [1.54, 1.807) is 11.3 Å². The number of fused-ring (bicyclic) bond motifs is 2. The number of piperidine rings is 1. The molecule has 5 nitrogen and oxygen atoms in total. The van der Waals surface area contributed by atoms with Crippen molar-refractivity contribution in [2.75, 3.05) is 13.2 Å². The molecule has 1 amide bonds. The molecule has 2 aliphatic rings. The van der Waals surface area contributed by atoms with Crippen LogP contribution in [0.5, 0.6) is 0 Å². The Kier molecular flexibility index (Phi) is 5.72. The molecule has 0 unspecified atom stereocenters. The Hall–Kier alpha value is -1.95. The molecule has 0 N–H and O–H groups in total. The number of benzene rings is 1. The number of esters is 1. The van der Waals surface area contributed by atoms with Crippen LogP contribution in [0.1, 0.15) is 50.0 Å². The van der Waals surface area contributed by atoms with Crippen LogP contribution in [-0.4, -0.2) is 41.0 Å². The van der Waals surface area contributed by atoms with Gasteiger partial charge < -0.3 is 9.64 Å². The van der Waals surface area contributed by atoms with E-state index in [9.17, 15) is 9.59 Å². The van der Waals surface area contributed by atoms with Crippen molar-refractivity contribution in [1.82, 2.24) is 9.88 Å². The van der Waals surface area contributed by atoms with Crippen LogP contribution in [0.4, 0.5) is 0 Å². The largest absolute Gasteiger partial charge is 0.456 e. The van der Waals surface area contributed by atoms with Gasteiger partial charge in [-0.15, -0.1) is 11.3 Å². The Morgan fingerprint density at radius 1 is 1.15 bits per heavy atom. The zero-order valence-corrected chi connectivity index (χ0v) is 16.4. The van der Waals surface area contributed by atoms with E-state index in [1.807, 2.05) is 29.2 Å². The van der Waals surface area contributed by atoms with E-state index >= 15 is 0 Å². The summed E-state index contributed by atoms with van der Waals surface area (Å²) < 4.78 is 6.41. The average Bonchev–Trinajstić information content (AvgIpc) is 3.13. The smallest absolute Gasteiger partial charge is 0.306 e. The van der Waals surface area contributed by atoms with Crippen LogP contribution in [0.25, 0.3) is 10.2 Å². The lowest BCUT2D eigenvalue weighted by Crippen LogP contribution is -2.50. The van der Waals surface area contributed by atoms with E-state index in [2.05, 4.69) is 4.98 Å². The van der Waals surface area contributed by atoms with Gasteiger partial charge in [0.15, 0.2) is 6.61 Å². The van der Waals surface area contributed by atoms with E-state index in [0.717, 1.165) is 34.6 Å². The number of carbonyl (C=O) groups excluding carboxylic acids is 2. The van der Waals surface area contributed by atoms with Crippen LogP contribution in [0.2, 0.25) is 0 Å². The standard InChI is InChI=1S/C21H26N2O3S/c24-20(23-13-5-7-15-6-1-3-9-17(15)23)14-26-21(25)12-11-19-22-16-8-2-4-10-18(16)27-19/h2,4,8,10,15,17H,1,3,5-7,9,11-14H2/t15-,17-/m1/s1. The monoisotopic (exact) mass is 386 g/mol. The molecule has 1 aliphatic carbocycles. The van der Waals surface area contributed by atoms with Crippen molar-refractivity contribution in [3.63, 3.8) is 0 Å². The fourth-order valence-corrected chi connectivity index (χ4v) is 5.43. The molecule has 4 rings (SSSR count). The van der Waals surface area contributed by atoms with Crippen LogP contribution in [-0.2, 0) is 20.7 Å². The number of thiazole rings is 1. The second kappa shape index (κ2) is 8.38. The molecule has 1 aromatic heterocycles. The summed E-state index contributed by atoms with van der Waals surface area (Å²) in [5.74, 6) is 0.297. The number of rotatable bonds is 5. The summed E-state index contributed by atoms with van der Waals surface area (Å²) in [5, 5.41) is 0.931. The molecule has 2 atom stereocenters. The molecule has 2 fully saturated rings. The lowest BCUT2D eigenvalue weighted by atomic mass is 9.78. The summed E-state index contributed by atoms with van der Waals surface area (Å²) in [4.78, 5) is 31.2. The van der Waals surface area contributed by atoms with Crippen LogP contribution in [0.15, 0.2) is 24.3 Å². The summed E-state index contributed by atoms with van der Waals surface area (Å²) in [7, 11) is 0. The molecule has 1 aromatic carbocycles. The van der Waals surface area contributed by atoms with Gasteiger partial charge in [0.25, 0.3) is 5.91 Å².